The monoisotopic (exact) mass is 203 g/mol. The molecule has 1 unspecified atom stereocenters. The van der Waals surface area contributed by atoms with Gasteiger partial charge < -0.3 is 21.1 Å². The average Bonchev–Trinajstić information content (AvgIpc) is 2.18. The molecule has 1 aliphatic heterocycles. The third kappa shape index (κ3) is 2.13. The molecule has 6 N–H and O–H groups in total. The average molecular weight is 203 g/mol. The Balaban J connectivity index is 2.64. The van der Waals surface area contributed by atoms with Gasteiger partial charge in [-0.2, -0.15) is 0 Å². The van der Waals surface area contributed by atoms with E-state index in [4.69, 9.17) is 11.3 Å². The summed E-state index contributed by atoms with van der Waals surface area (Å²) in [5, 5.41) is 33.9. The first-order valence-electron chi connectivity index (χ1n) is 4.14. The molecule has 0 spiro atoms. The van der Waals surface area contributed by atoms with Gasteiger partial charge in [-0.15, -0.1) is 0 Å². The molecular formula is C6H13N5O3. The number of aliphatic hydroxyl groups is 3. The molecule has 5 atom stereocenters. The molecule has 0 bridgehead atoms. The molecule has 80 valence electrons. The largest absolute Gasteiger partial charge is 0.389 e. The van der Waals surface area contributed by atoms with Crippen LogP contribution in [0, 0.1) is 0 Å². The van der Waals surface area contributed by atoms with Gasteiger partial charge in [0, 0.05) is 17.5 Å². The summed E-state index contributed by atoms with van der Waals surface area (Å²) in [6.45, 7) is -0.0570. The van der Waals surface area contributed by atoms with Gasteiger partial charge in [0.15, 0.2) is 0 Å². The van der Waals surface area contributed by atoms with Gasteiger partial charge in [0.25, 0.3) is 0 Å². The fourth-order valence-electron chi connectivity index (χ4n) is 1.37. The minimum atomic E-state index is -1.23. The summed E-state index contributed by atoms with van der Waals surface area (Å²) in [5.41, 5.74) is 13.4. The number of hydrogen-bond acceptors (Lipinski definition) is 6. The zero-order valence-electron chi connectivity index (χ0n) is 7.35. The molecule has 8 nitrogen and oxygen atoms in total. The number of piperidine rings is 1. The Kier molecular flexibility index (Phi) is 3.64. The number of nitrogens with zero attached hydrogens (tertiary/aromatic N) is 3. The normalized spacial score (nSPS) is 43.0. The molecule has 0 amide bonds. The Hall–Kier alpha value is -0.890. The van der Waals surface area contributed by atoms with Crippen LogP contribution in [-0.4, -0.2) is 52.4 Å². The van der Waals surface area contributed by atoms with E-state index in [0.717, 1.165) is 0 Å². The zero-order chi connectivity index (χ0) is 10.7. The first kappa shape index (κ1) is 11.2. The molecule has 1 fully saturated rings. The minimum Gasteiger partial charge on any atom is -0.389 e. The Morgan fingerprint density at radius 1 is 1.36 bits per heavy atom. The third-order valence-corrected chi connectivity index (χ3v) is 2.25. The summed E-state index contributed by atoms with van der Waals surface area (Å²) in [4.78, 5) is 2.51. The smallest absolute Gasteiger partial charge is 0.123 e. The second-order valence-corrected chi connectivity index (χ2v) is 3.19. The lowest BCUT2D eigenvalue weighted by Gasteiger charge is -2.39. The Bertz CT molecular complexity index is 244. The van der Waals surface area contributed by atoms with Crippen molar-refractivity contribution in [1.29, 1.82) is 0 Å². The highest BCUT2D eigenvalue weighted by Crippen LogP contribution is 2.13. The van der Waals surface area contributed by atoms with Crippen molar-refractivity contribution in [2.75, 3.05) is 6.54 Å². The van der Waals surface area contributed by atoms with Crippen LogP contribution in [0.4, 0.5) is 0 Å². The first-order chi connectivity index (χ1) is 6.57. The lowest BCUT2D eigenvalue weighted by molar-refractivity contribution is -0.0904. The highest BCUT2D eigenvalue weighted by Gasteiger charge is 2.39. The quantitative estimate of drug-likeness (QED) is 0.193. The van der Waals surface area contributed by atoms with Gasteiger partial charge in [-0.05, 0) is 5.53 Å². The number of nitrogens with one attached hydrogen (secondary N) is 1. The summed E-state index contributed by atoms with van der Waals surface area (Å²) < 4.78 is 0. The molecule has 0 saturated carbocycles. The van der Waals surface area contributed by atoms with Gasteiger partial charge >= 0.3 is 0 Å². The van der Waals surface area contributed by atoms with Gasteiger partial charge in [-0.3, -0.25) is 5.32 Å². The Morgan fingerprint density at radius 3 is 2.57 bits per heavy atom. The maximum absolute atomic E-state index is 9.47. The van der Waals surface area contributed by atoms with Crippen molar-refractivity contribution in [3.63, 3.8) is 0 Å². The van der Waals surface area contributed by atoms with Crippen LogP contribution in [0.5, 0.6) is 0 Å². The highest BCUT2D eigenvalue weighted by molar-refractivity contribution is 4.97. The summed E-state index contributed by atoms with van der Waals surface area (Å²) in [6.07, 6.45) is -3.50. The van der Waals surface area contributed by atoms with Crippen molar-refractivity contribution in [3.8, 4) is 0 Å². The van der Waals surface area contributed by atoms with Crippen LogP contribution in [0.3, 0.4) is 0 Å². The van der Waals surface area contributed by atoms with E-state index >= 15 is 0 Å². The van der Waals surface area contributed by atoms with Gasteiger partial charge in [0.1, 0.15) is 12.3 Å². The van der Waals surface area contributed by atoms with Crippen LogP contribution in [0.25, 0.3) is 10.4 Å². The standard InChI is InChI=1S/C6H13N5O3/c7-3-5(13)4(12)2(1-9-11-8)10-6(3)14/h2-6,10,12-14H,1,7H2/t2-,3-,4-,5-,6?/m1/s1. The number of azide groups is 1. The van der Waals surface area contributed by atoms with E-state index in [1.807, 2.05) is 0 Å². The van der Waals surface area contributed by atoms with Crippen LogP contribution in [0.2, 0.25) is 0 Å². The van der Waals surface area contributed by atoms with Gasteiger partial charge in [-0.1, -0.05) is 5.11 Å². The number of aliphatic hydroxyl groups excluding tert-OH is 3. The van der Waals surface area contributed by atoms with Crippen molar-refractivity contribution >= 4 is 0 Å². The van der Waals surface area contributed by atoms with Gasteiger partial charge in [0.05, 0.1) is 12.1 Å². The van der Waals surface area contributed by atoms with Crippen molar-refractivity contribution in [2.45, 2.75) is 30.5 Å². The van der Waals surface area contributed by atoms with Crippen LogP contribution in [0.15, 0.2) is 5.11 Å². The fourth-order valence-corrected chi connectivity index (χ4v) is 1.37. The summed E-state index contributed by atoms with van der Waals surface area (Å²) >= 11 is 0. The van der Waals surface area contributed by atoms with E-state index in [1.54, 1.807) is 0 Å². The molecule has 0 radical (unpaired) electrons. The first-order valence-corrected chi connectivity index (χ1v) is 4.14. The van der Waals surface area contributed by atoms with Crippen molar-refractivity contribution in [3.05, 3.63) is 10.4 Å². The molecule has 0 aromatic carbocycles. The number of hydrogen-bond donors (Lipinski definition) is 5. The fraction of sp³-hybridized carbons (Fsp3) is 1.00. The van der Waals surface area contributed by atoms with Crippen LogP contribution in [-0.2, 0) is 0 Å². The third-order valence-electron chi connectivity index (χ3n) is 2.25. The predicted octanol–water partition coefficient (Wildman–Crippen LogP) is -2.36. The molecule has 1 rings (SSSR count). The van der Waals surface area contributed by atoms with Crippen LogP contribution in [0.1, 0.15) is 0 Å². The summed E-state index contributed by atoms with van der Waals surface area (Å²) in [5.74, 6) is 0. The van der Waals surface area contributed by atoms with Gasteiger partial charge in [0.2, 0.25) is 0 Å². The predicted molar refractivity (Wildman–Crippen MR) is 46.9 cm³/mol. The minimum absolute atomic E-state index is 0.0570. The SMILES string of the molecule is [N-]=[N+]=NC[C@H]1NC(O)[C@H](N)[C@@H](O)[C@@H]1O. The van der Waals surface area contributed by atoms with Crippen molar-refractivity contribution in [1.82, 2.24) is 5.32 Å². The Morgan fingerprint density at radius 2 is 2.00 bits per heavy atom. The van der Waals surface area contributed by atoms with Crippen molar-refractivity contribution < 1.29 is 15.3 Å². The molecular weight excluding hydrogens is 190 g/mol. The van der Waals surface area contributed by atoms with E-state index < -0.39 is 30.5 Å². The molecule has 0 aromatic heterocycles. The topological polar surface area (TPSA) is 148 Å². The molecule has 1 heterocycles. The van der Waals surface area contributed by atoms with E-state index in [-0.39, 0.29) is 6.54 Å². The maximum atomic E-state index is 9.47. The lowest BCUT2D eigenvalue weighted by Crippen LogP contribution is -2.68. The Labute approximate surface area is 80.0 Å². The zero-order valence-corrected chi connectivity index (χ0v) is 7.35. The number of rotatable bonds is 2. The van der Waals surface area contributed by atoms with Gasteiger partial charge in [-0.25, -0.2) is 0 Å². The molecule has 0 aromatic rings. The molecule has 14 heavy (non-hydrogen) atoms. The van der Waals surface area contributed by atoms with E-state index in [9.17, 15) is 15.3 Å². The second kappa shape index (κ2) is 4.56. The molecule has 1 saturated heterocycles. The number of nitrogens with two attached hydrogens (primary N) is 1. The summed E-state index contributed by atoms with van der Waals surface area (Å²) in [6, 6.07) is -1.64. The maximum Gasteiger partial charge on any atom is 0.123 e. The highest BCUT2D eigenvalue weighted by atomic mass is 16.3. The summed E-state index contributed by atoms with van der Waals surface area (Å²) in [7, 11) is 0. The van der Waals surface area contributed by atoms with Crippen LogP contribution >= 0.6 is 0 Å². The van der Waals surface area contributed by atoms with E-state index in [0.29, 0.717) is 0 Å². The lowest BCUT2D eigenvalue weighted by atomic mass is 9.93. The van der Waals surface area contributed by atoms with E-state index in [2.05, 4.69) is 15.3 Å². The van der Waals surface area contributed by atoms with E-state index in [1.165, 1.54) is 0 Å². The second-order valence-electron chi connectivity index (χ2n) is 3.19. The molecule has 1 aliphatic rings. The van der Waals surface area contributed by atoms with Crippen LogP contribution < -0.4 is 11.1 Å². The molecule has 0 aliphatic carbocycles. The van der Waals surface area contributed by atoms with Crippen molar-refractivity contribution in [2.24, 2.45) is 10.8 Å². The molecule has 8 heteroatoms.